The largest absolute Gasteiger partial charge is 0.486 e. The number of aromatic nitrogens is 4. The Labute approximate surface area is 154 Å². The molecule has 0 spiro atoms. The predicted molar refractivity (Wildman–Crippen MR) is 100 cm³/mol. The van der Waals surface area contributed by atoms with Crippen LogP contribution >= 0.6 is 0 Å². The van der Waals surface area contributed by atoms with Crippen LogP contribution in [0.1, 0.15) is 5.69 Å². The molecule has 0 saturated heterocycles. The van der Waals surface area contributed by atoms with Crippen LogP contribution in [0, 0.1) is 6.92 Å². The molecule has 0 radical (unpaired) electrons. The van der Waals surface area contributed by atoms with E-state index < -0.39 is 0 Å². The van der Waals surface area contributed by atoms with Crippen LogP contribution in [0.4, 0.5) is 0 Å². The Balaban J connectivity index is 1.72. The van der Waals surface area contributed by atoms with Gasteiger partial charge in [0.2, 0.25) is 0 Å². The first-order valence-electron chi connectivity index (χ1n) is 8.63. The second kappa shape index (κ2) is 5.98. The highest BCUT2D eigenvalue weighted by Crippen LogP contribution is 2.34. The lowest BCUT2D eigenvalue weighted by Gasteiger charge is -2.18. The van der Waals surface area contributed by atoms with E-state index in [9.17, 15) is 4.79 Å². The van der Waals surface area contributed by atoms with Gasteiger partial charge in [-0.15, -0.1) is 0 Å². The van der Waals surface area contributed by atoms with Crippen molar-refractivity contribution in [2.75, 3.05) is 13.2 Å². The summed E-state index contributed by atoms with van der Waals surface area (Å²) < 4.78 is 12.7. The van der Waals surface area contributed by atoms with E-state index in [2.05, 4.69) is 10.1 Å². The van der Waals surface area contributed by atoms with Gasteiger partial charge < -0.3 is 9.47 Å². The topological polar surface area (TPSA) is 81.5 Å². The number of nitrogens with zero attached hydrogens (tertiary/aromatic N) is 3. The first-order valence-corrected chi connectivity index (χ1v) is 8.63. The number of ether oxygens (including phenoxy) is 2. The first kappa shape index (κ1) is 15.6. The van der Waals surface area contributed by atoms with E-state index in [1.165, 1.54) is 10.6 Å². The fourth-order valence-electron chi connectivity index (χ4n) is 3.36. The summed E-state index contributed by atoms with van der Waals surface area (Å²) in [6, 6.07) is 10.9. The number of benzene rings is 1. The molecule has 1 aliphatic heterocycles. The third-order valence-corrected chi connectivity index (χ3v) is 4.59. The van der Waals surface area contributed by atoms with Crippen LogP contribution in [0.3, 0.4) is 0 Å². The van der Waals surface area contributed by atoms with E-state index in [1.54, 1.807) is 12.4 Å². The number of pyridine rings is 1. The molecule has 1 N–H and O–H groups in total. The SMILES string of the molecule is Cc1[nH]n2c(=O)cc(-c3ccc4c(c3)OCCO4)nc2c1-c1cccnc1. The normalized spacial score (nSPS) is 13.1. The number of hydrogen-bond acceptors (Lipinski definition) is 5. The van der Waals surface area contributed by atoms with Gasteiger partial charge in [-0.2, -0.15) is 0 Å². The third-order valence-electron chi connectivity index (χ3n) is 4.59. The number of hydrogen-bond donors (Lipinski definition) is 1. The number of aromatic amines is 1. The van der Waals surface area contributed by atoms with Crippen molar-refractivity contribution in [2.24, 2.45) is 0 Å². The molecule has 1 aliphatic rings. The van der Waals surface area contributed by atoms with Crippen LogP contribution in [-0.2, 0) is 0 Å². The molecule has 4 aromatic rings. The average Bonchev–Trinajstić information content (AvgIpc) is 3.05. The molecule has 0 amide bonds. The van der Waals surface area contributed by atoms with Crippen molar-refractivity contribution in [1.29, 1.82) is 0 Å². The van der Waals surface area contributed by atoms with Gasteiger partial charge in [0.15, 0.2) is 17.1 Å². The lowest BCUT2D eigenvalue weighted by atomic mass is 10.1. The van der Waals surface area contributed by atoms with Gasteiger partial charge in [-0.1, -0.05) is 6.07 Å². The molecule has 27 heavy (non-hydrogen) atoms. The van der Waals surface area contributed by atoms with Crippen LogP contribution < -0.4 is 15.0 Å². The Morgan fingerprint density at radius 1 is 1.07 bits per heavy atom. The Morgan fingerprint density at radius 3 is 2.74 bits per heavy atom. The number of nitrogens with one attached hydrogen (secondary N) is 1. The van der Waals surface area contributed by atoms with Crippen molar-refractivity contribution in [3.8, 4) is 33.9 Å². The zero-order valence-electron chi connectivity index (χ0n) is 14.6. The molecule has 1 aromatic carbocycles. The highest BCUT2D eigenvalue weighted by Gasteiger charge is 2.17. The van der Waals surface area contributed by atoms with Crippen LogP contribution in [-0.4, -0.2) is 32.8 Å². The van der Waals surface area contributed by atoms with Crippen molar-refractivity contribution in [3.63, 3.8) is 0 Å². The predicted octanol–water partition coefficient (Wildman–Crippen LogP) is 2.83. The van der Waals surface area contributed by atoms with Crippen LogP contribution in [0.5, 0.6) is 11.5 Å². The number of H-pyrrole nitrogens is 1. The smallest absolute Gasteiger partial charge is 0.273 e. The third kappa shape index (κ3) is 2.55. The highest BCUT2D eigenvalue weighted by molar-refractivity contribution is 5.80. The molecule has 7 nitrogen and oxygen atoms in total. The molecular formula is C20H16N4O3. The molecule has 4 heterocycles. The second-order valence-corrected chi connectivity index (χ2v) is 6.35. The van der Waals surface area contributed by atoms with E-state index in [1.807, 2.05) is 37.3 Å². The minimum absolute atomic E-state index is 0.178. The number of rotatable bonds is 2. The van der Waals surface area contributed by atoms with E-state index in [4.69, 9.17) is 14.5 Å². The summed E-state index contributed by atoms with van der Waals surface area (Å²) in [4.78, 5) is 21.6. The summed E-state index contributed by atoms with van der Waals surface area (Å²) in [5.74, 6) is 1.37. The molecule has 0 aliphatic carbocycles. The maximum Gasteiger partial charge on any atom is 0.273 e. The van der Waals surface area contributed by atoms with Crippen molar-refractivity contribution < 1.29 is 9.47 Å². The first-order chi connectivity index (χ1) is 13.2. The van der Waals surface area contributed by atoms with Gasteiger partial charge in [0.1, 0.15) is 13.2 Å². The fraction of sp³-hybridized carbons (Fsp3) is 0.150. The van der Waals surface area contributed by atoms with E-state index in [0.717, 1.165) is 22.4 Å². The van der Waals surface area contributed by atoms with Gasteiger partial charge in [-0.3, -0.25) is 14.9 Å². The van der Waals surface area contributed by atoms with Crippen molar-refractivity contribution in [1.82, 2.24) is 19.6 Å². The lowest BCUT2D eigenvalue weighted by molar-refractivity contribution is 0.171. The van der Waals surface area contributed by atoms with Crippen molar-refractivity contribution in [2.45, 2.75) is 6.92 Å². The minimum Gasteiger partial charge on any atom is -0.486 e. The zero-order valence-corrected chi connectivity index (χ0v) is 14.6. The van der Waals surface area contributed by atoms with E-state index in [0.29, 0.717) is 36.1 Å². The summed E-state index contributed by atoms with van der Waals surface area (Å²) in [6.07, 6.45) is 3.48. The molecule has 0 saturated carbocycles. The Morgan fingerprint density at radius 2 is 1.93 bits per heavy atom. The minimum atomic E-state index is -0.178. The van der Waals surface area contributed by atoms with Crippen molar-refractivity contribution in [3.05, 3.63) is 64.8 Å². The van der Waals surface area contributed by atoms with Crippen LogP contribution in [0.25, 0.3) is 28.0 Å². The van der Waals surface area contributed by atoms with Crippen molar-refractivity contribution >= 4 is 5.65 Å². The molecule has 3 aromatic heterocycles. The molecule has 0 fully saturated rings. The summed E-state index contributed by atoms with van der Waals surface area (Å²) >= 11 is 0. The van der Waals surface area contributed by atoms with Gasteiger partial charge in [0.25, 0.3) is 5.56 Å². The lowest BCUT2D eigenvalue weighted by Crippen LogP contribution is -2.16. The van der Waals surface area contributed by atoms with Gasteiger partial charge in [-0.05, 0) is 31.2 Å². The molecule has 0 bridgehead atoms. The monoisotopic (exact) mass is 360 g/mol. The van der Waals surface area contributed by atoms with E-state index >= 15 is 0 Å². The molecule has 0 unspecified atom stereocenters. The maximum absolute atomic E-state index is 12.7. The summed E-state index contributed by atoms with van der Waals surface area (Å²) in [5, 5.41) is 3.09. The molecule has 0 atom stereocenters. The van der Waals surface area contributed by atoms with Crippen LogP contribution in [0.2, 0.25) is 0 Å². The fourth-order valence-corrected chi connectivity index (χ4v) is 3.36. The van der Waals surface area contributed by atoms with Gasteiger partial charge in [-0.25, -0.2) is 9.50 Å². The highest BCUT2D eigenvalue weighted by atomic mass is 16.6. The number of aryl methyl sites for hydroxylation is 1. The summed E-state index contributed by atoms with van der Waals surface area (Å²) in [5.41, 5.74) is 4.39. The van der Waals surface area contributed by atoms with Crippen LogP contribution in [0.15, 0.2) is 53.6 Å². The second-order valence-electron chi connectivity index (χ2n) is 6.35. The zero-order chi connectivity index (χ0) is 18.4. The van der Waals surface area contributed by atoms with Gasteiger partial charge in [0.05, 0.1) is 5.69 Å². The molecule has 5 rings (SSSR count). The number of fused-ring (bicyclic) bond motifs is 2. The van der Waals surface area contributed by atoms with Gasteiger partial charge in [0, 0.05) is 40.8 Å². The molecule has 134 valence electrons. The van der Waals surface area contributed by atoms with E-state index in [-0.39, 0.29) is 5.56 Å². The summed E-state index contributed by atoms with van der Waals surface area (Å²) in [6.45, 7) is 2.96. The molecular weight excluding hydrogens is 344 g/mol. The average molecular weight is 360 g/mol. The molecule has 7 heteroatoms. The summed E-state index contributed by atoms with van der Waals surface area (Å²) in [7, 11) is 0. The van der Waals surface area contributed by atoms with Gasteiger partial charge >= 0.3 is 0 Å². The Hall–Kier alpha value is -3.61. The Kier molecular flexibility index (Phi) is 3.46. The maximum atomic E-state index is 12.7. The Bertz CT molecular complexity index is 1210. The quantitative estimate of drug-likeness (QED) is 0.594. The standard InChI is InChI=1S/C20H16N4O3/c1-12-19(14-3-2-6-21-11-14)20-22-15(10-18(25)24(20)23-12)13-4-5-16-17(9-13)27-8-7-26-16/h2-6,9-11,23H,7-8H2,1H3.